The van der Waals surface area contributed by atoms with E-state index in [0.29, 0.717) is 12.5 Å². The molecule has 0 amide bonds. The van der Waals surface area contributed by atoms with Crippen molar-refractivity contribution in [2.75, 3.05) is 6.54 Å². The highest BCUT2D eigenvalue weighted by Gasteiger charge is 2.55. The molecule has 0 spiro atoms. The van der Waals surface area contributed by atoms with E-state index in [4.69, 9.17) is 9.92 Å². The van der Waals surface area contributed by atoms with E-state index in [-0.39, 0.29) is 22.6 Å². The van der Waals surface area contributed by atoms with Gasteiger partial charge in [0.15, 0.2) is 0 Å². The predicted octanol–water partition coefficient (Wildman–Crippen LogP) is 2.94. The molecule has 2 aliphatic rings. The van der Waals surface area contributed by atoms with Crippen LogP contribution in [0.4, 0.5) is 0 Å². The molecule has 0 aromatic heterocycles. The van der Waals surface area contributed by atoms with E-state index in [1.165, 1.54) is 17.7 Å². The van der Waals surface area contributed by atoms with E-state index >= 15 is 0 Å². The van der Waals surface area contributed by atoms with Gasteiger partial charge in [-0.05, 0) is 62.1 Å². The zero-order valence-electron chi connectivity index (χ0n) is 14.7. The summed E-state index contributed by atoms with van der Waals surface area (Å²) in [6.07, 6.45) is 5.22. The Morgan fingerprint density at radius 2 is 2.00 bits per heavy atom. The summed E-state index contributed by atoms with van der Waals surface area (Å²) in [5, 5.41) is 0. The molecule has 1 saturated carbocycles. The number of nitrogens with two attached hydrogens (primary N) is 1. The topological polar surface area (TPSA) is 86.5 Å². The van der Waals surface area contributed by atoms with Crippen molar-refractivity contribution in [3.63, 3.8) is 0 Å². The van der Waals surface area contributed by atoms with E-state index in [1.54, 1.807) is 12.1 Å². The van der Waals surface area contributed by atoms with Crippen LogP contribution in [0.25, 0.3) is 0 Å². The number of allylic oxidation sites excluding steroid dienone is 2. The van der Waals surface area contributed by atoms with Crippen LogP contribution in [-0.4, -0.2) is 20.9 Å². The van der Waals surface area contributed by atoms with Crippen molar-refractivity contribution in [2.45, 2.75) is 44.4 Å². The summed E-state index contributed by atoms with van der Waals surface area (Å²) in [4.78, 5) is 12.3. The first-order valence-corrected chi connectivity index (χ1v) is 10.1. The SMILES string of the molecule is CCC1=C[C@H]2[C@H](C1)C[C@@]2(CN)CC(=O)OS(=O)(=O)c1ccc(C)cc1. The fourth-order valence-corrected chi connectivity index (χ4v) is 5.10. The van der Waals surface area contributed by atoms with E-state index < -0.39 is 16.1 Å². The average molecular weight is 363 g/mol. The number of benzene rings is 1. The van der Waals surface area contributed by atoms with Crippen LogP contribution in [0.15, 0.2) is 40.8 Å². The Morgan fingerprint density at radius 1 is 1.32 bits per heavy atom. The molecule has 3 atom stereocenters. The minimum absolute atomic E-state index is 0.00577. The third-order valence-electron chi connectivity index (χ3n) is 5.69. The Balaban J connectivity index is 1.70. The third-order valence-corrected chi connectivity index (χ3v) is 6.95. The van der Waals surface area contributed by atoms with Gasteiger partial charge in [-0.1, -0.05) is 36.3 Å². The number of carbonyl (C=O) groups is 1. The van der Waals surface area contributed by atoms with Crippen molar-refractivity contribution in [2.24, 2.45) is 23.0 Å². The number of rotatable bonds is 6. The summed E-state index contributed by atoms with van der Waals surface area (Å²) < 4.78 is 29.4. The second kappa shape index (κ2) is 6.57. The molecule has 5 nitrogen and oxygen atoms in total. The molecule has 0 aliphatic heterocycles. The second-order valence-corrected chi connectivity index (χ2v) is 8.88. The molecule has 0 heterocycles. The maximum Gasteiger partial charge on any atom is 0.341 e. The number of fused-ring (bicyclic) bond motifs is 1. The Labute approximate surface area is 149 Å². The molecular formula is C19H25NO4S. The zero-order chi connectivity index (χ0) is 18.2. The summed E-state index contributed by atoms with van der Waals surface area (Å²) in [5.41, 5.74) is 7.95. The lowest BCUT2D eigenvalue weighted by Gasteiger charge is -2.51. The quantitative estimate of drug-likeness (QED) is 0.620. The Morgan fingerprint density at radius 3 is 2.60 bits per heavy atom. The summed E-state index contributed by atoms with van der Waals surface area (Å²) in [6, 6.07) is 6.24. The molecule has 2 aliphatic carbocycles. The Hall–Kier alpha value is -1.66. The van der Waals surface area contributed by atoms with Gasteiger partial charge in [-0.3, -0.25) is 4.79 Å². The van der Waals surface area contributed by atoms with Crippen LogP contribution >= 0.6 is 0 Å². The molecule has 0 unspecified atom stereocenters. The van der Waals surface area contributed by atoms with E-state index in [0.717, 1.165) is 24.8 Å². The third kappa shape index (κ3) is 3.37. The van der Waals surface area contributed by atoms with Crippen LogP contribution in [0.3, 0.4) is 0 Å². The lowest BCUT2D eigenvalue weighted by molar-refractivity contribution is -0.141. The van der Waals surface area contributed by atoms with Crippen LogP contribution in [0.5, 0.6) is 0 Å². The first kappa shape index (κ1) is 18.1. The highest BCUT2D eigenvalue weighted by molar-refractivity contribution is 7.87. The minimum atomic E-state index is -4.08. The molecule has 0 bridgehead atoms. The highest BCUT2D eigenvalue weighted by atomic mass is 32.2. The molecular weight excluding hydrogens is 338 g/mol. The van der Waals surface area contributed by atoms with Gasteiger partial charge in [0.25, 0.3) is 0 Å². The van der Waals surface area contributed by atoms with Crippen LogP contribution in [-0.2, 0) is 19.1 Å². The van der Waals surface area contributed by atoms with Gasteiger partial charge in [0.05, 0.1) is 6.42 Å². The number of carbonyl (C=O) groups excluding carboxylic acids is 1. The first-order valence-electron chi connectivity index (χ1n) is 8.73. The van der Waals surface area contributed by atoms with Gasteiger partial charge in [-0.25, -0.2) is 0 Å². The van der Waals surface area contributed by atoms with E-state index in [2.05, 4.69) is 13.0 Å². The number of hydrogen-bond donors (Lipinski definition) is 1. The maximum atomic E-state index is 12.3. The predicted molar refractivity (Wildman–Crippen MR) is 95.1 cm³/mol. The van der Waals surface area contributed by atoms with Crippen molar-refractivity contribution >= 4 is 16.1 Å². The molecule has 1 aromatic rings. The molecule has 2 N–H and O–H groups in total. The van der Waals surface area contributed by atoms with Gasteiger partial charge >= 0.3 is 16.1 Å². The standard InChI is InChI=1S/C19H25NO4S/c1-3-14-8-15-10-19(12-20,17(15)9-14)11-18(21)24-25(22,23)16-6-4-13(2)5-7-16/h4-7,9,15,17H,3,8,10-12,20H2,1-2H3/t15-,17+,19+/m1/s1. The smallest absolute Gasteiger partial charge is 0.341 e. The second-order valence-electron chi connectivity index (χ2n) is 7.34. The number of hydrogen-bond acceptors (Lipinski definition) is 5. The van der Waals surface area contributed by atoms with Gasteiger partial charge in [0.1, 0.15) is 4.90 Å². The van der Waals surface area contributed by atoms with Crippen molar-refractivity contribution < 1.29 is 17.4 Å². The fraction of sp³-hybridized carbons (Fsp3) is 0.526. The zero-order valence-corrected chi connectivity index (χ0v) is 15.5. The first-order chi connectivity index (χ1) is 11.8. The summed E-state index contributed by atoms with van der Waals surface area (Å²) in [5.74, 6) is 0.0879. The summed E-state index contributed by atoms with van der Waals surface area (Å²) in [6.45, 7) is 4.35. The molecule has 136 valence electrons. The van der Waals surface area contributed by atoms with Gasteiger partial charge < -0.3 is 9.92 Å². The van der Waals surface area contributed by atoms with Crippen molar-refractivity contribution in [1.82, 2.24) is 0 Å². The van der Waals surface area contributed by atoms with Crippen LogP contribution < -0.4 is 5.73 Å². The van der Waals surface area contributed by atoms with Gasteiger partial charge in [0.2, 0.25) is 0 Å². The number of aryl methyl sites for hydroxylation is 1. The normalized spacial score (nSPS) is 28.0. The minimum Gasteiger partial charge on any atom is -0.342 e. The van der Waals surface area contributed by atoms with Crippen LogP contribution in [0.1, 0.15) is 38.2 Å². The van der Waals surface area contributed by atoms with E-state index in [9.17, 15) is 13.2 Å². The molecule has 25 heavy (non-hydrogen) atoms. The van der Waals surface area contributed by atoms with Crippen LogP contribution in [0, 0.1) is 24.2 Å². The summed E-state index contributed by atoms with van der Waals surface area (Å²) in [7, 11) is -4.08. The molecule has 1 fully saturated rings. The lowest BCUT2D eigenvalue weighted by Crippen LogP contribution is -2.51. The largest absolute Gasteiger partial charge is 0.342 e. The fourth-order valence-electron chi connectivity index (χ4n) is 4.23. The maximum absolute atomic E-state index is 12.3. The lowest BCUT2D eigenvalue weighted by atomic mass is 9.53. The molecule has 0 radical (unpaired) electrons. The monoisotopic (exact) mass is 363 g/mol. The van der Waals surface area contributed by atoms with Gasteiger partial charge in [-0.15, -0.1) is 0 Å². The Kier molecular flexibility index (Phi) is 4.77. The molecule has 1 aromatic carbocycles. The molecule has 0 saturated heterocycles. The van der Waals surface area contributed by atoms with Gasteiger partial charge in [-0.2, -0.15) is 8.42 Å². The average Bonchev–Trinajstić information content (AvgIpc) is 2.90. The highest BCUT2D eigenvalue weighted by Crippen LogP contribution is 2.59. The van der Waals surface area contributed by atoms with Crippen LogP contribution in [0.2, 0.25) is 0 Å². The van der Waals surface area contributed by atoms with Crippen molar-refractivity contribution in [1.29, 1.82) is 0 Å². The van der Waals surface area contributed by atoms with E-state index in [1.807, 2.05) is 6.92 Å². The summed E-state index contributed by atoms with van der Waals surface area (Å²) >= 11 is 0. The Bertz CT molecular complexity index is 797. The molecule has 6 heteroatoms. The van der Waals surface area contributed by atoms with Crippen molar-refractivity contribution in [3.8, 4) is 0 Å². The molecule has 3 rings (SSSR count). The van der Waals surface area contributed by atoms with Crippen molar-refractivity contribution in [3.05, 3.63) is 41.5 Å². The van der Waals surface area contributed by atoms with Gasteiger partial charge in [0, 0.05) is 0 Å².